The second-order valence-electron chi connectivity index (χ2n) is 9.17. The molecule has 6 nitrogen and oxygen atoms in total. The van der Waals surface area contributed by atoms with E-state index in [2.05, 4.69) is 35.0 Å². The minimum absolute atomic E-state index is 0.260. The molecule has 184 valence electrons. The number of aryl methyl sites for hydroxylation is 2. The molecular weight excluding hydrogens is 465 g/mol. The number of nitrogens with zero attached hydrogens (tertiary/aromatic N) is 6. The third-order valence-electron chi connectivity index (χ3n) is 6.21. The van der Waals surface area contributed by atoms with Crippen molar-refractivity contribution in [1.82, 2.24) is 29.3 Å². The Morgan fingerprint density at radius 2 is 1.69 bits per heavy atom. The van der Waals surface area contributed by atoms with Gasteiger partial charge in [-0.05, 0) is 24.0 Å². The fourth-order valence-electron chi connectivity index (χ4n) is 4.35. The molecule has 0 saturated carbocycles. The summed E-state index contributed by atoms with van der Waals surface area (Å²) in [4.78, 5) is 13.3. The Balaban J connectivity index is 1.47. The van der Waals surface area contributed by atoms with E-state index in [0.29, 0.717) is 23.9 Å². The number of imidazole rings is 1. The first-order valence-corrected chi connectivity index (χ1v) is 11.6. The van der Waals surface area contributed by atoms with Gasteiger partial charge in [0.05, 0.1) is 17.6 Å². The Labute approximate surface area is 206 Å². The van der Waals surface area contributed by atoms with Crippen LogP contribution in [0.15, 0.2) is 60.9 Å². The smallest absolute Gasteiger partial charge is 0.333 e. The molecule has 3 heterocycles. The van der Waals surface area contributed by atoms with Gasteiger partial charge in [-0.2, -0.15) is 18.3 Å². The van der Waals surface area contributed by atoms with E-state index in [-0.39, 0.29) is 5.82 Å². The van der Waals surface area contributed by atoms with Crippen LogP contribution in [0, 0.1) is 6.92 Å². The van der Waals surface area contributed by atoms with Crippen LogP contribution >= 0.6 is 0 Å². The molecule has 2 aromatic carbocycles. The van der Waals surface area contributed by atoms with E-state index < -0.39 is 11.9 Å². The monoisotopic (exact) mass is 490 g/mol. The maximum absolute atomic E-state index is 13.0. The molecule has 0 aliphatic rings. The Morgan fingerprint density at radius 3 is 2.36 bits per heavy atom. The Kier molecular flexibility index (Phi) is 5.86. The summed E-state index contributed by atoms with van der Waals surface area (Å²) in [7, 11) is 1.55. The number of hydrogen-bond donors (Lipinski definition) is 0. The molecule has 3 aromatic heterocycles. The molecule has 0 aliphatic carbocycles. The number of rotatable bonds is 5. The zero-order valence-electron chi connectivity index (χ0n) is 20.4. The van der Waals surface area contributed by atoms with Gasteiger partial charge < -0.3 is 4.57 Å². The van der Waals surface area contributed by atoms with Gasteiger partial charge in [0.1, 0.15) is 5.82 Å². The lowest BCUT2D eigenvalue weighted by molar-refractivity contribution is -0.140. The zero-order chi connectivity index (χ0) is 25.6. The summed E-state index contributed by atoms with van der Waals surface area (Å²) < 4.78 is 42.3. The van der Waals surface area contributed by atoms with E-state index in [4.69, 9.17) is 4.98 Å². The van der Waals surface area contributed by atoms with E-state index in [1.165, 1.54) is 10.1 Å². The van der Waals surface area contributed by atoms with Gasteiger partial charge in [-0.1, -0.05) is 62.4 Å². The molecule has 9 heteroatoms. The molecule has 0 atom stereocenters. The van der Waals surface area contributed by atoms with Crippen LogP contribution in [0.4, 0.5) is 13.2 Å². The maximum Gasteiger partial charge on any atom is 0.434 e. The minimum atomic E-state index is -4.48. The fourth-order valence-corrected chi connectivity index (χ4v) is 4.35. The number of aromatic nitrogens is 6. The maximum atomic E-state index is 13.0. The van der Waals surface area contributed by atoms with Crippen molar-refractivity contribution in [1.29, 1.82) is 0 Å². The van der Waals surface area contributed by atoms with Gasteiger partial charge in [-0.15, -0.1) is 0 Å². The predicted octanol–water partition coefficient (Wildman–Crippen LogP) is 6.39. The highest BCUT2D eigenvalue weighted by molar-refractivity contribution is 5.79. The normalized spacial score (nSPS) is 12.1. The zero-order valence-corrected chi connectivity index (χ0v) is 20.4. The van der Waals surface area contributed by atoms with Crippen molar-refractivity contribution in [2.75, 3.05) is 0 Å². The van der Waals surface area contributed by atoms with Crippen LogP contribution in [-0.4, -0.2) is 29.3 Å². The quantitative estimate of drug-likeness (QED) is 0.286. The summed E-state index contributed by atoms with van der Waals surface area (Å²) in [5, 5.41) is 5.55. The van der Waals surface area contributed by atoms with Crippen molar-refractivity contribution in [3.8, 4) is 22.8 Å². The van der Waals surface area contributed by atoms with Crippen molar-refractivity contribution >= 4 is 11.0 Å². The average molecular weight is 491 g/mol. The van der Waals surface area contributed by atoms with Crippen LogP contribution < -0.4 is 0 Å². The minimum Gasteiger partial charge on any atom is -0.333 e. The standard InChI is InChI=1S/C27H25F3N6/c1-16(2)20-7-5-6-8-21(20)24-31-13-22-17(3)34-36(26(22)33-24)14-18-9-11-19(12-10-18)25-32-23(15-35(25)4)27(28,29)30/h5-13,15-16H,14H2,1-4H3. The third kappa shape index (κ3) is 4.36. The second-order valence-corrected chi connectivity index (χ2v) is 9.17. The molecule has 0 fully saturated rings. The largest absolute Gasteiger partial charge is 0.434 e. The first kappa shape index (κ1) is 23.7. The number of alkyl halides is 3. The summed E-state index contributed by atoms with van der Waals surface area (Å²) in [6, 6.07) is 15.4. The fraction of sp³-hybridized carbons (Fsp3) is 0.259. The molecule has 0 amide bonds. The average Bonchev–Trinajstić information content (AvgIpc) is 3.39. The van der Waals surface area contributed by atoms with E-state index in [1.54, 1.807) is 19.2 Å². The first-order valence-electron chi connectivity index (χ1n) is 11.6. The van der Waals surface area contributed by atoms with Gasteiger partial charge in [-0.25, -0.2) is 19.6 Å². The highest BCUT2D eigenvalue weighted by Gasteiger charge is 2.34. The van der Waals surface area contributed by atoms with Crippen LogP contribution in [0.5, 0.6) is 0 Å². The van der Waals surface area contributed by atoms with Crippen molar-refractivity contribution in [3.63, 3.8) is 0 Å². The lowest BCUT2D eigenvalue weighted by atomic mass is 9.97. The van der Waals surface area contributed by atoms with Gasteiger partial charge >= 0.3 is 6.18 Å². The SMILES string of the molecule is Cc1nn(Cc2ccc(-c3nc(C(F)(F)F)cn3C)cc2)c2nc(-c3ccccc3C(C)C)ncc12. The number of hydrogen-bond acceptors (Lipinski definition) is 4. The van der Waals surface area contributed by atoms with Crippen molar-refractivity contribution < 1.29 is 13.2 Å². The summed E-state index contributed by atoms with van der Waals surface area (Å²) in [6.45, 7) is 6.67. The first-order chi connectivity index (χ1) is 17.1. The Bertz CT molecular complexity index is 1540. The molecule has 5 aromatic rings. The van der Waals surface area contributed by atoms with Gasteiger partial charge in [0.2, 0.25) is 0 Å². The number of halogens is 3. The van der Waals surface area contributed by atoms with Gasteiger partial charge in [0.15, 0.2) is 17.2 Å². The van der Waals surface area contributed by atoms with Crippen LogP contribution in [-0.2, 0) is 19.8 Å². The lowest BCUT2D eigenvalue weighted by Crippen LogP contribution is -2.05. The number of fused-ring (bicyclic) bond motifs is 1. The lowest BCUT2D eigenvalue weighted by Gasteiger charge is -2.11. The molecule has 0 N–H and O–H groups in total. The summed E-state index contributed by atoms with van der Waals surface area (Å²) in [6.07, 6.45) is -1.67. The second kappa shape index (κ2) is 8.89. The van der Waals surface area contributed by atoms with Crippen molar-refractivity contribution in [2.45, 2.75) is 39.4 Å². The molecule has 0 saturated heterocycles. The molecule has 36 heavy (non-hydrogen) atoms. The highest BCUT2D eigenvalue weighted by Crippen LogP contribution is 2.31. The van der Waals surface area contributed by atoms with Crippen LogP contribution in [0.25, 0.3) is 33.8 Å². The Morgan fingerprint density at radius 1 is 0.972 bits per heavy atom. The topological polar surface area (TPSA) is 61.4 Å². The van der Waals surface area contributed by atoms with E-state index >= 15 is 0 Å². The van der Waals surface area contributed by atoms with Gasteiger partial charge in [0, 0.05) is 30.6 Å². The van der Waals surface area contributed by atoms with Crippen LogP contribution in [0.2, 0.25) is 0 Å². The van der Waals surface area contributed by atoms with Gasteiger partial charge in [0.25, 0.3) is 0 Å². The third-order valence-corrected chi connectivity index (χ3v) is 6.21. The van der Waals surface area contributed by atoms with E-state index in [9.17, 15) is 13.2 Å². The number of benzene rings is 2. The molecular formula is C27H25F3N6. The summed E-state index contributed by atoms with van der Waals surface area (Å²) >= 11 is 0. The van der Waals surface area contributed by atoms with E-state index in [0.717, 1.165) is 34.1 Å². The van der Waals surface area contributed by atoms with E-state index in [1.807, 2.05) is 48.1 Å². The van der Waals surface area contributed by atoms with Crippen molar-refractivity contribution in [3.05, 3.63) is 83.4 Å². The van der Waals surface area contributed by atoms with Crippen LogP contribution in [0.3, 0.4) is 0 Å². The highest BCUT2D eigenvalue weighted by atomic mass is 19.4. The van der Waals surface area contributed by atoms with Gasteiger partial charge in [-0.3, -0.25) is 0 Å². The van der Waals surface area contributed by atoms with Crippen LogP contribution in [0.1, 0.15) is 42.3 Å². The predicted molar refractivity (Wildman–Crippen MR) is 132 cm³/mol. The van der Waals surface area contributed by atoms with Crippen molar-refractivity contribution in [2.24, 2.45) is 7.05 Å². The molecule has 0 bridgehead atoms. The molecule has 0 radical (unpaired) electrons. The molecule has 5 rings (SSSR count). The molecule has 0 unspecified atom stereocenters. The Hall–Kier alpha value is -4.01. The summed E-state index contributed by atoms with van der Waals surface area (Å²) in [5.41, 5.74) is 4.38. The molecule has 0 aliphatic heterocycles. The summed E-state index contributed by atoms with van der Waals surface area (Å²) in [5.74, 6) is 1.24. The molecule has 0 spiro atoms.